The normalized spacial score (nSPS) is 18.8. The van der Waals surface area contributed by atoms with Gasteiger partial charge in [0.25, 0.3) is 0 Å². The van der Waals surface area contributed by atoms with Crippen molar-refractivity contribution in [3.63, 3.8) is 0 Å². The average molecular weight is 234 g/mol. The van der Waals surface area contributed by atoms with E-state index in [4.69, 9.17) is 5.73 Å². The Morgan fingerprint density at radius 1 is 1.65 bits per heavy atom. The van der Waals surface area contributed by atoms with Crippen molar-refractivity contribution in [2.45, 2.75) is 39.0 Å². The van der Waals surface area contributed by atoms with E-state index in [1.165, 1.54) is 12.8 Å². The van der Waals surface area contributed by atoms with Crippen LogP contribution in [0, 0.1) is 5.92 Å². The number of fused-ring (bicyclic) bond motifs is 1. The van der Waals surface area contributed by atoms with E-state index in [9.17, 15) is 9.90 Å². The lowest BCUT2D eigenvalue weighted by molar-refractivity contribution is 0.0696. The van der Waals surface area contributed by atoms with Crippen molar-refractivity contribution in [1.82, 2.24) is 4.98 Å². The van der Waals surface area contributed by atoms with Crippen molar-refractivity contribution >= 4 is 11.8 Å². The fourth-order valence-electron chi connectivity index (χ4n) is 2.72. The van der Waals surface area contributed by atoms with Crippen molar-refractivity contribution in [3.8, 4) is 0 Å². The Bertz CT molecular complexity index is 443. The molecule has 0 amide bonds. The van der Waals surface area contributed by atoms with E-state index in [0.29, 0.717) is 5.92 Å². The minimum absolute atomic E-state index is 0.144. The average Bonchev–Trinajstić information content (AvgIpc) is 2.29. The Hall–Kier alpha value is -1.58. The molecule has 1 aromatic rings. The largest absolute Gasteiger partial charge is 0.478 e. The van der Waals surface area contributed by atoms with E-state index in [0.717, 1.165) is 30.4 Å². The van der Waals surface area contributed by atoms with Gasteiger partial charge in [0.05, 0.1) is 0 Å². The summed E-state index contributed by atoms with van der Waals surface area (Å²) in [4.78, 5) is 15.2. The summed E-state index contributed by atoms with van der Waals surface area (Å²) in [5, 5.41) is 9.17. The van der Waals surface area contributed by atoms with Crippen LogP contribution >= 0.6 is 0 Å². The molecule has 0 spiro atoms. The van der Waals surface area contributed by atoms with Crippen molar-refractivity contribution in [3.05, 3.63) is 22.9 Å². The fourth-order valence-corrected chi connectivity index (χ4v) is 2.72. The maximum atomic E-state index is 11.2. The van der Waals surface area contributed by atoms with Crippen LogP contribution in [0.25, 0.3) is 0 Å². The lowest BCUT2D eigenvalue weighted by Crippen LogP contribution is -2.19. The molecule has 0 aromatic carbocycles. The minimum atomic E-state index is -0.958. The molecule has 17 heavy (non-hydrogen) atoms. The first-order chi connectivity index (χ1) is 8.13. The van der Waals surface area contributed by atoms with Gasteiger partial charge in [0.1, 0.15) is 11.4 Å². The third kappa shape index (κ3) is 2.25. The van der Waals surface area contributed by atoms with Crippen molar-refractivity contribution in [2.75, 3.05) is 5.73 Å². The first-order valence-corrected chi connectivity index (χ1v) is 6.13. The molecule has 0 aliphatic heterocycles. The highest BCUT2D eigenvalue weighted by Crippen LogP contribution is 2.31. The van der Waals surface area contributed by atoms with Gasteiger partial charge in [-0.05, 0) is 36.3 Å². The molecular weight excluding hydrogens is 216 g/mol. The van der Waals surface area contributed by atoms with Gasteiger partial charge in [0.2, 0.25) is 0 Å². The maximum absolute atomic E-state index is 11.2. The van der Waals surface area contributed by atoms with Crippen LogP contribution in [-0.2, 0) is 12.8 Å². The molecule has 1 aliphatic carbocycles. The zero-order valence-corrected chi connectivity index (χ0v) is 10.1. The van der Waals surface area contributed by atoms with Gasteiger partial charge in [-0.1, -0.05) is 19.8 Å². The number of nitrogen functional groups attached to an aromatic ring is 1. The van der Waals surface area contributed by atoms with Crippen LogP contribution in [0.15, 0.2) is 6.20 Å². The zero-order chi connectivity index (χ0) is 12.4. The van der Waals surface area contributed by atoms with Gasteiger partial charge >= 0.3 is 5.97 Å². The highest BCUT2D eigenvalue weighted by molar-refractivity contribution is 5.94. The molecule has 2 rings (SSSR count). The van der Waals surface area contributed by atoms with E-state index in [2.05, 4.69) is 11.9 Å². The van der Waals surface area contributed by atoms with Crippen molar-refractivity contribution in [2.24, 2.45) is 5.92 Å². The van der Waals surface area contributed by atoms with Crippen LogP contribution in [-0.4, -0.2) is 16.1 Å². The van der Waals surface area contributed by atoms with Crippen LogP contribution in [0.4, 0.5) is 5.82 Å². The second-order valence-electron chi connectivity index (χ2n) is 4.72. The smallest absolute Gasteiger partial charge is 0.339 e. The summed E-state index contributed by atoms with van der Waals surface area (Å²) in [5.41, 5.74) is 7.84. The van der Waals surface area contributed by atoms with Gasteiger partial charge in [-0.25, -0.2) is 9.78 Å². The molecule has 1 unspecified atom stereocenters. The number of nitrogens with two attached hydrogens (primary N) is 1. The number of aromatic nitrogens is 1. The predicted molar refractivity (Wildman–Crippen MR) is 66.0 cm³/mol. The number of hydrogen-bond donors (Lipinski definition) is 2. The summed E-state index contributed by atoms with van der Waals surface area (Å²) in [7, 11) is 0. The Kier molecular flexibility index (Phi) is 3.31. The van der Waals surface area contributed by atoms with Gasteiger partial charge in [0, 0.05) is 6.20 Å². The number of pyridine rings is 1. The van der Waals surface area contributed by atoms with E-state index in [-0.39, 0.29) is 11.4 Å². The van der Waals surface area contributed by atoms with Gasteiger partial charge in [0.15, 0.2) is 0 Å². The zero-order valence-electron chi connectivity index (χ0n) is 10.1. The van der Waals surface area contributed by atoms with Gasteiger partial charge in [-0.15, -0.1) is 0 Å². The van der Waals surface area contributed by atoms with Crippen LogP contribution < -0.4 is 5.73 Å². The van der Waals surface area contributed by atoms with E-state index in [1.54, 1.807) is 6.20 Å². The molecular formula is C13H18N2O2. The van der Waals surface area contributed by atoms with Gasteiger partial charge in [-0.3, -0.25) is 0 Å². The summed E-state index contributed by atoms with van der Waals surface area (Å²) in [6, 6.07) is 0. The second kappa shape index (κ2) is 4.73. The first-order valence-electron chi connectivity index (χ1n) is 6.13. The fraction of sp³-hybridized carbons (Fsp3) is 0.538. The number of carbonyl (C=O) groups is 1. The molecule has 0 bridgehead atoms. The predicted octanol–water partition coefficient (Wildman–Crippen LogP) is 2.27. The minimum Gasteiger partial charge on any atom is -0.478 e. The molecule has 0 saturated carbocycles. The number of anilines is 1. The van der Waals surface area contributed by atoms with Crippen molar-refractivity contribution in [1.29, 1.82) is 0 Å². The molecule has 0 radical (unpaired) electrons. The number of hydrogen-bond acceptors (Lipinski definition) is 3. The Morgan fingerprint density at radius 3 is 3.06 bits per heavy atom. The Balaban J connectivity index is 2.35. The lowest BCUT2D eigenvalue weighted by Gasteiger charge is -2.25. The highest BCUT2D eigenvalue weighted by atomic mass is 16.4. The second-order valence-corrected chi connectivity index (χ2v) is 4.72. The molecule has 1 atom stereocenters. The maximum Gasteiger partial charge on any atom is 0.339 e. The van der Waals surface area contributed by atoms with E-state index in [1.807, 2.05) is 0 Å². The molecule has 1 aliphatic rings. The molecule has 0 fully saturated rings. The summed E-state index contributed by atoms with van der Waals surface area (Å²) in [6.07, 6.45) is 6.94. The van der Waals surface area contributed by atoms with Gasteiger partial charge < -0.3 is 10.8 Å². The topological polar surface area (TPSA) is 76.2 Å². The summed E-state index contributed by atoms with van der Waals surface area (Å²) in [6.45, 7) is 2.18. The number of nitrogens with zero attached hydrogens (tertiary/aromatic N) is 1. The quantitative estimate of drug-likeness (QED) is 0.841. The molecule has 92 valence electrons. The molecule has 1 aromatic heterocycles. The molecule has 1 heterocycles. The number of carboxylic acid groups (broad SMARTS) is 1. The Labute approximate surface area is 101 Å². The third-order valence-electron chi connectivity index (χ3n) is 3.53. The monoisotopic (exact) mass is 234 g/mol. The number of carboxylic acids is 1. The van der Waals surface area contributed by atoms with Crippen LogP contribution in [0.1, 0.15) is 47.7 Å². The Morgan fingerprint density at radius 2 is 2.41 bits per heavy atom. The number of aromatic carboxylic acids is 1. The highest BCUT2D eigenvalue weighted by Gasteiger charge is 2.25. The summed E-state index contributed by atoms with van der Waals surface area (Å²) >= 11 is 0. The first kappa shape index (κ1) is 11.9. The van der Waals surface area contributed by atoms with Crippen LogP contribution in [0.3, 0.4) is 0 Å². The van der Waals surface area contributed by atoms with Gasteiger partial charge in [-0.2, -0.15) is 0 Å². The lowest BCUT2D eigenvalue weighted by atomic mass is 9.81. The standard InChI is InChI=1S/C13H18N2O2/c1-2-3-8-4-5-10-9(6-8)7-15-12(14)11(10)13(16)17/h7-8H,2-6H2,1H3,(H2,14,15)(H,16,17). The SMILES string of the molecule is CCCC1CCc2c(cnc(N)c2C(=O)O)C1. The molecule has 0 saturated heterocycles. The summed E-state index contributed by atoms with van der Waals surface area (Å²) in [5.74, 6) is -0.148. The van der Waals surface area contributed by atoms with Crippen LogP contribution in [0.2, 0.25) is 0 Å². The molecule has 4 heteroatoms. The number of rotatable bonds is 3. The molecule has 4 nitrogen and oxygen atoms in total. The molecule has 3 N–H and O–H groups in total. The van der Waals surface area contributed by atoms with Crippen LogP contribution in [0.5, 0.6) is 0 Å². The van der Waals surface area contributed by atoms with E-state index < -0.39 is 5.97 Å². The summed E-state index contributed by atoms with van der Waals surface area (Å²) < 4.78 is 0. The third-order valence-corrected chi connectivity index (χ3v) is 3.53. The van der Waals surface area contributed by atoms with E-state index >= 15 is 0 Å². The van der Waals surface area contributed by atoms with Crippen molar-refractivity contribution < 1.29 is 9.90 Å².